The van der Waals surface area contributed by atoms with Crippen LogP contribution < -0.4 is 10.3 Å². The molecular weight excluding hydrogens is 402 g/mol. The van der Waals surface area contributed by atoms with Gasteiger partial charge in [-0.1, -0.05) is 36.0 Å². The summed E-state index contributed by atoms with van der Waals surface area (Å²) in [6.45, 7) is 0.481. The monoisotopic (exact) mass is 423 g/mol. The summed E-state index contributed by atoms with van der Waals surface area (Å²) < 4.78 is 8.52. The van der Waals surface area contributed by atoms with Gasteiger partial charge < -0.3 is 9.64 Å². The average Bonchev–Trinajstić information content (AvgIpc) is 3.20. The number of nitrogens with zero attached hydrogens (tertiary/aromatic N) is 5. The molecule has 0 spiro atoms. The largest absolute Gasteiger partial charge is 0.497 e. The predicted molar refractivity (Wildman–Crippen MR) is 116 cm³/mol. The molecule has 0 aliphatic heterocycles. The zero-order valence-corrected chi connectivity index (χ0v) is 17.7. The summed E-state index contributed by atoms with van der Waals surface area (Å²) in [4.78, 5) is 26.9. The van der Waals surface area contributed by atoms with Crippen molar-refractivity contribution in [1.29, 1.82) is 0 Å². The number of amides is 1. The van der Waals surface area contributed by atoms with E-state index >= 15 is 0 Å². The van der Waals surface area contributed by atoms with Gasteiger partial charge in [0, 0.05) is 20.6 Å². The number of aryl methyl sites for hydroxylation is 1. The van der Waals surface area contributed by atoms with Gasteiger partial charge in [0.2, 0.25) is 11.7 Å². The summed E-state index contributed by atoms with van der Waals surface area (Å²) in [6, 6.07) is 15.0. The van der Waals surface area contributed by atoms with Crippen molar-refractivity contribution in [1.82, 2.24) is 24.1 Å². The Morgan fingerprint density at radius 3 is 2.77 bits per heavy atom. The van der Waals surface area contributed by atoms with Crippen LogP contribution in [0.4, 0.5) is 0 Å². The second kappa shape index (κ2) is 8.19. The van der Waals surface area contributed by atoms with Crippen LogP contribution in [0.5, 0.6) is 5.75 Å². The third-order valence-electron chi connectivity index (χ3n) is 4.90. The minimum atomic E-state index is -0.129. The molecule has 0 unspecified atom stereocenters. The van der Waals surface area contributed by atoms with Crippen molar-refractivity contribution in [3.8, 4) is 5.75 Å². The van der Waals surface area contributed by atoms with Crippen molar-refractivity contribution >= 4 is 34.3 Å². The Morgan fingerprint density at radius 2 is 1.97 bits per heavy atom. The Hall–Kier alpha value is -3.33. The van der Waals surface area contributed by atoms with Crippen LogP contribution in [0.25, 0.3) is 16.7 Å². The molecule has 8 nitrogen and oxygen atoms in total. The van der Waals surface area contributed by atoms with Crippen LogP contribution in [0, 0.1) is 0 Å². The van der Waals surface area contributed by atoms with Crippen LogP contribution >= 0.6 is 11.8 Å². The van der Waals surface area contributed by atoms with Crippen molar-refractivity contribution < 1.29 is 9.53 Å². The van der Waals surface area contributed by atoms with Crippen LogP contribution in [0.15, 0.2) is 58.5 Å². The van der Waals surface area contributed by atoms with Crippen molar-refractivity contribution in [3.05, 3.63) is 64.4 Å². The highest BCUT2D eigenvalue weighted by molar-refractivity contribution is 7.99. The smallest absolute Gasteiger partial charge is 0.262 e. The van der Waals surface area contributed by atoms with Crippen LogP contribution in [0.3, 0.4) is 0 Å². The number of methoxy groups -OCH3 is 1. The van der Waals surface area contributed by atoms with E-state index in [2.05, 4.69) is 10.2 Å². The number of carbonyl (C=O) groups is 1. The lowest BCUT2D eigenvalue weighted by Gasteiger charge is -2.17. The number of benzene rings is 2. The van der Waals surface area contributed by atoms with Crippen molar-refractivity contribution in [2.45, 2.75) is 11.7 Å². The van der Waals surface area contributed by atoms with Crippen LogP contribution in [0.2, 0.25) is 0 Å². The Balaban J connectivity index is 1.55. The van der Waals surface area contributed by atoms with Gasteiger partial charge in [0.05, 0.1) is 23.8 Å². The van der Waals surface area contributed by atoms with E-state index in [4.69, 9.17) is 4.74 Å². The number of rotatable bonds is 6. The molecule has 0 fully saturated rings. The van der Waals surface area contributed by atoms with E-state index in [1.807, 2.05) is 46.9 Å². The lowest BCUT2D eigenvalue weighted by Crippen LogP contribution is -2.27. The lowest BCUT2D eigenvalue weighted by molar-refractivity contribution is -0.127. The average molecular weight is 423 g/mol. The van der Waals surface area contributed by atoms with Gasteiger partial charge in [0.15, 0.2) is 5.16 Å². The molecular formula is C21H21N5O3S. The number of ether oxygens (including phenoxy) is 1. The van der Waals surface area contributed by atoms with Crippen molar-refractivity contribution in [2.75, 3.05) is 19.9 Å². The second-order valence-corrected chi connectivity index (χ2v) is 7.83. The van der Waals surface area contributed by atoms with Gasteiger partial charge in [-0.15, -0.1) is 10.2 Å². The lowest BCUT2D eigenvalue weighted by atomic mass is 10.2. The first-order valence-electron chi connectivity index (χ1n) is 9.32. The van der Waals surface area contributed by atoms with Crippen LogP contribution in [-0.4, -0.2) is 49.9 Å². The number of aromatic nitrogens is 4. The zero-order valence-electron chi connectivity index (χ0n) is 16.9. The quantitative estimate of drug-likeness (QED) is 0.443. The zero-order chi connectivity index (χ0) is 21.3. The van der Waals surface area contributed by atoms with Gasteiger partial charge in [0.1, 0.15) is 5.75 Å². The number of hydrogen-bond donors (Lipinski definition) is 0. The minimum Gasteiger partial charge on any atom is -0.497 e. The Bertz CT molecular complexity index is 1300. The molecule has 2 aromatic heterocycles. The summed E-state index contributed by atoms with van der Waals surface area (Å²) in [5, 5.41) is 9.52. The van der Waals surface area contributed by atoms with E-state index in [9.17, 15) is 9.59 Å². The Kier molecular flexibility index (Phi) is 5.45. The van der Waals surface area contributed by atoms with Gasteiger partial charge >= 0.3 is 0 Å². The van der Waals surface area contributed by atoms with Gasteiger partial charge in [-0.3, -0.25) is 18.6 Å². The molecule has 0 bridgehead atoms. The SMILES string of the molecule is COc1cccc(CN(C)C(=O)CSc2nnc3n(C)c(=O)c4ccccc4n23)c1. The summed E-state index contributed by atoms with van der Waals surface area (Å²) in [6.07, 6.45) is 0. The fourth-order valence-electron chi connectivity index (χ4n) is 3.27. The molecule has 0 aliphatic rings. The molecule has 1 amide bonds. The fourth-order valence-corrected chi connectivity index (χ4v) is 4.15. The summed E-state index contributed by atoms with van der Waals surface area (Å²) in [5.41, 5.74) is 1.58. The third kappa shape index (κ3) is 3.63. The molecule has 0 radical (unpaired) electrons. The van der Waals surface area contributed by atoms with E-state index in [1.54, 1.807) is 32.2 Å². The van der Waals surface area contributed by atoms with Gasteiger partial charge in [-0.05, 0) is 29.8 Å². The van der Waals surface area contributed by atoms with E-state index in [0.29, 0.717) is 22.9 Å². The number of fused-ring (bicyclic) bond motifs is 3. The van der Waals surface area contributed by atoms with E-state index in [-0.39, 0.29) is 17.2 Å². The maximum absolute atomic E-state index is 12.7. The maximum atomic E-state index is 12.7. The second-order valence-electron chi connectivity index (χ2n) is 6.89. The van der Waals surface area contributed by atoms with Crippen molar-refractivity contribution in [3.63, 3.8) is 0 Å². The molecule has 4 aromatic rings. The molecule has 9 heteroatoms. The number of thioether (sulfide) groups is 1. The highest BCUT2D eigenvalue weighted by Crippen LogP contribution is 2.22. The number of para-hydroxylation sites is 1. The molecule has 0 aliphatic carbocycles. The van der Waals surface area contributed by atoms with Crippen LogP contribution in [0.1, 0.15) is 5.56 Å². The van der Waals surface area contributed by atoms with Gasteiger partial charge in [0.25, 0.3) is 5.56 Å². The van der Waals surface area contributed by atoms with E-state index in [1.165, 1.54) is 16.3 Å². The first-order valence-corrected chi connectivity index (χ1v) is 10.3. The molecule has 0 saturated heterocycles. The topological polar surface area (TPSA) is 81.7 Å². The summed E-state index contributed by atoms with van der Waals surface area (Å²) in [7, 11) is 5.05. The summed E-state index contributed by atoms with van der Waals surface area (Å²) in [5.74, 6) is 1.38. The predicted octanol–water partition coefficient (Wildman–Crippen LogP) is 2.34. The van der Waals surface area contributed by atoms with Gasteiger partial charge in [-0.25, -0.2) is 0 Å². The third-order valence-corrected chi connectivity index (χ3v) is 5.81. The molecule has 154 valence electrons. The van der Waals surface area contributed by atoms with Crippen LogP contribution in [-0.2, 0) is 18.4 Å². The maximum Gasteiger partial charge on any atom is 0.262 e. The minimum absolute atomic E-state index is 0.0336. The highest BCUT2D eigenvalue weighted by Gasteiger charge is 2.17. The fraction of sp³-hybridized carbons (Fsp3) is 0.238. The highest BCUT2D eigenvalue weighted by atomic mass is 32.2. The van der Waals surface area contributed by atoms with E-state index in [0.717, 1.165) is 16.8 Å². The molecule has 0 atom stereocenters. The molecule has 30 heavy (non-hydrogen) atoms. The Morgan fingerprint density at radius 1 is 1.17 bits per heavy atom. The molecule has 0 saturated carbocycles. The molecule has 0 N–H and O–H groups in total. The standard InChI is InChI=1S/C21H21N5O3S/c1-24(12-14-7-6-8-15(11-14)29-3)18(27)13-30-21-23-22-20-25(2)19(28)16-9-4-5-10-17(16)26(20)21/h4-11H,12-13H2,1-3H3. The molecule has 4 rings (SSSR count). The first kappa shape index (κ1) is 20.0. The number of carbonyl (C=O) groups excluding carboxylic acids is 1. The molecule has 2 aromatic carbocycles. The normalized spacial score (nSPS) is 11.2. The first-order chi connectivity index (χ1) is 14.5. The number of hydrogen-bond acceptors (Lipinski definition) is 6. The van der Waals surface area contributed by atoms with Crippen molar-refractivity contribution in [2.24, 2.45) is 7.05 Å². The summed E-state index contributed by atoms with van der Waals surface area (Å²) >= 11 is 1.30. The molecule has 2 heterocycles. The van der Waals surface area contributed by atoms with Gasteiger partial charge in [-0.2, -0.15) is 0 Å². The Labute approximate surface area is 177 Å². The van der Waals surface area contributed by atoms with E-state index < -0.39 is 0 Å².